The molecule has 0 aliphatic heterocycles. The number of benzene rings is 1. The highest BCUT2D eigenvalue weighted by Gasteiger charge is 2.49. The zero-order valence-electron chi connectivity index (χ0n) is 15.1. The number of rotatable bonds is 8. The van der Waals surface area contributed by atoms with E-state index in [9.17, 15) is 10.0 Å². The first-order valence-electron chi connectivity index (χ1n) is 8.83. The smallest absolute Gasteiger partial charge is 0.423 e. The van der Waals surface area contributed by atoms with Crippen LogP contribution in [-0.2, 0) is 0 Å². The van der Waals surface area contributed by atoms with Crippen LogP contribution in [0.4, 0.5) is 0 Å². The Bertz CT molecular complexity index is 438. The van der Waals surface area contributed by atoms with Crippen LogP contribution in [0.2, 0.25) is 16.6 Å². The van der Waals surface area contributed by atoms with Gasteiger partial charge in [-0.15, -0.1) is 0 Å². The first-order valence-corrected chi connectivity index (χ1v) is 11.1. The Hall–Kier alpha value is -0.578. The summed E-state index contributed by atoms with van der Waals surface area (Å²) in [6, 6.07) is 8.05. The SMILES string of the molecule is CCC(C)[Si](c1ccccc1B(O)O)(C(C)CC)C(C)CC. The molecular formula is C18H33BO2Si. The van der Waals surface area contributed by atoms with Crippen molar-refractivity contribution in [1.82, 2.24) is 0 Å². The summed E-state index contributed by atoms with van der Waals surface area (Å²) in [4.78, 5) is 0. The maximum absolute atomic E-state index is 9.91. The van der Waals surface area contributed by atoms with Crippen molar-refractivity contribution in [3.8, 4) is 0 Å². The van der Waals surface area contributed by atoms with Gasteiger partial charge in [-0.05, 0) is 22.1 Å². The Morgan fingerprint density at radius 1 is 0.864 bits per heavy atom. The van der Waals surface area contributed by atoms with Gasteiger partial charge in [-0.2, -0.15) is 0 Å². The van der Waals surface area contributed by atoms with E-state index in [1.807, 2.05) is 12.1 Å². The van der Waals surface area contributed by atoms with Crippen LogP contribution in [0.3, 0.4) is 0 Å². The molecule has 0 aliphatic rings. The van der Waals surface area contributed by atoms with Gasteiger partial charge in [0.1, 0.15) is 0 Å². The highest BCUT2D eigenvalue weighted by molar-refractivity contribution is 6.98. The van der Waals surface area contributed by atoms with Gasteiger partial charge in [-0.25, -0.2) is 0 Å². The van der Waals surface area contributed by atoms with E-state index in [2.05, 4.69) is 53.7 Å². The molecular weight excluding hydrogens is 287 g/mol. The second-order valence-electron chi connectivity index (χ2n) is 6.82. The van der Waals surface area contributed by atoms with Crippen molar-refractivity contribution in [3.05, 3.63) is 24.3 Å². The first-order chi connectivity index (χ1) is 10.4. The lowest BCUT2D eigenvalue weighted by molar-refractivity contribution is 0.426. The summed E-state index contributed by atoms with van der Waals surface area (Å²) in [5, 5.41) is 21.1. The number of hydrogen-bond acceptors (Lipinski definition) is 2. The highest BCUT2D eigenvalue weighted by Crippen LogP contribution is 2.45. The number of hydrogen-bond donors (Lipinski definition) is 2. The van der Waals surface area contributed by atoms with Gasteiger partial charge in [0.05, 0.1) is 8.07 Å². The maximum atomic E-state index is 9.91. The molecule has 1 aromatic rings. The summed E-state index contributed by atoms with van der Waals surface area (Å²) in [5.74, 6) is 0. The van der Waals surface area contributed by atoms with E-state index < -0.39 is 15.2 Å². The zero-order valence-corrected chi connectivity index (χ0v) is 16.1. The van der Waals surface area contributed by atoms with Crippen LogP contribution in [0.5, 0.6) is 0 Å². The van der Waals surface area contributed by atoms with Gasteiger partial charge in [0, 0.05) is 0 Å². The van der Waals surface area contributed by atoms with Crippen molar-refractivity contribution in [2.24, 2.45) is 0 Å². The van der Waals surface area contributed by atoms with E-state index in [0.29, 0.717) is 16.6 Å². The van der Waals surface area contributed by atoms with Gasteiger partial charge < -0.3 is 10.0 Å². The Labute approximate surface area is 138 Å². The van der Waals surface area contributed by atoms with E-state index in [1.54, 1.807) is 0 Å². The van der Waals surface area contributed by atoms with Crippen molar-refractivity contribution < 1.29 is 10.0 Å². The standard InChI is InChI=1S/C18H33BO2Si/c1-7-14(4)22(15(5)8-2,16(6)9-3)18-13-11-10-12-17(18)19(20)21/h10-16,20-21H,7-9H2,1-6H3. The summed E-state index contributed by atoms with van der Waals surface area (Å²) in [7, 11) is -3.28. The summed E-state index contributed by atoms with van der Waals surface area (Å²) in [5.41, 5.74) is 2.60. The molecule has 0 radical (unpaired) electrons. The second kappa shape index (κ2) is 8.32. The molecule has 3 unspecified atom stereocenters. The molecule has 0 heterocycles. The van der Waals surface area contributed by atoms with Crippen LogP contribution in [0.1, 0.15) is 60.8 Å². The van der Waals surface area contributed by atoms with Crippen LogP contribution < -0.4 is 10.6 Å². The minimum atomic E-state index is -1.91. The molecule has 0 aliphatic carbocycles. The second-order valence-corrected chi connectivity index (χ2v) is 12.2. The summed E-state index contributed by atoms with van der Waals surface area (Å²) < 4.78 is 0. The fourth-order valence-electron chi connectivity index (χ4n) is 4.38. The molecule has 4 heteroatoms. The fourth-order valence-corrected chi connectivity index (χ4v) is 12.0. The molecule has 0 bridgehead atoms. The molecule has 2 nitrogen and oxygen atoms in total. The average Bonchev–Trinajstić information content (AvgIpc) is 2.54. The lowest BCUT2D eigenvalue weighted by Crippen LogP contribution is -2.64. The molecule has 124 valence electrons. The molecule has 1 rings (SSSR count). The average molecular weight is 320 g/mol. The molecule has 1 aromatic carbocycles. The Morgan fingerprint density at radius 3 is 1.64 bits per heavy atom. The van der Waals surface area contributed by atoms with Gasteiger partial charge in [-0.3, -0.25) is 0 Å². The lowest BCUT2D eigenvalue weighted by Gasteiger charge is -2.47. The third kappa shape index (κ3) is 3.34. The van der Waals surface area contributed by atoms with Crippen molar-refractivity contribution in [2.45, 2.75) is 77.4 Å². The van der Waals surface area contributed by atoms with Crippen LogP contribution in [0.15, 0.2) is 24.3 Å². The topological polar surface area (TPSA) is 40.5 Å². The van der Waals surface area contributed by atoms with Gasteiger partial charge in [0.15, 0.2) is 0 Å². The third-order valence-electron chi connectivity index (χ3n) is 5.99. The van der Waals surface area contributed by atoms with Crippen LogP contribution in [0, 0.1) is 0 Å². The molecule has 0 fully saturated rings. The normalized spacial score (nSPS) is 18.4. The highest BCUT2D eigenvalue weighted by atomic mass is 28.3. The monoisotopic (exact) mass is 320 g/mol. The maximum Gasteiger partial charge on any atom is 0.488 e. The van der Waals surface area contributed by atoms with E-state index >= 15 is 0 Å². The Morgan fingerprint density at radius 2 is 1.27 bits per heavy atom. The molecule has 0 aromatic heterocycles. The summed E-state index contributed by atoms with van der Waals surface area (Å²) >= 11 is 0. The Kier molecular flexibility index (Phi) is 7.37. The van der Waals surface area contributed by atoms with Gasteiger partial charge in [-0.1, -0.05) is 90.3 Å². The van der Waals surface area contributed by atoms with Crippen molar-refractivity contribution in [3.63, 3.8) is 0 Å². The van der Waals surface area contributed by atoms with Crippen molar-refractivity contribution >= 4 is 25.8 Å². The molecule has 3 atom stereocenters. The van der Waals surface area contributed by atoms with Crippen LogP contribution in [-0.4, -0.2) is 25.2 Å². The quantitative estimate of drug-likeness (QED) is 0.721. The summed E-state index contributed by atoms with van der Waals surface area (Å²) in [6.45, 7) is 14.0. The fraction of sp³-hybridized carbons (Fsp3) is 0.667. The minimum Gasteiger partial charge on any atom is -0.423 e. The first kappa shape index (κ1) is 19.5. The molecule has 0 saturated heterocycles. The van der Waals surface area contributed by atoms with Gasteiger partial charge in [0.2, 0.25) is 0 Å². The van der Waals surface area contributed by atoms with E-state index in [4.69, 9.17) is 0 Å². The largest absolute Gasteiger partial charge is 0.488 e. The zero-order chi connectivity index (χ0) is 16.9. The van der Waals surface area contributed by atoms with E-state index in [-0.39, 0.29) is 0 Å². The molecule has 0 amide bonds. The summed E-state index contributed by atoms with van der Waals surface area (Å²) in [6.07, 6.45) is 3.45. The molecule has 0 spiro atoms. The predicted octanol–water partition coefficient (Wildman–Crippen LogP) is 3.42. The third-order valence-corrected chi connectivity index (χ3v) is 13.5. The lowest BCUT2D eigenvalue weighted by atomic mass is 9.80. The molecule has 0 saturated carbocycles. The minimum absolute atomic E-state index is 0.622. The van der Waals surface area contributed by atoms with Gasteiger partial charge in [0.25, 0.3) is 0 Å². The Balaban J connectivity index is 3.68. The van der Waals surface area contributed by atoms with Gasteiger partial charge >= 0.3 is 7.12 Å². The predicted molar refractivity (Wildman–Crippen MR) is 101 cm³/mol. The van der Waals surface area contributed by atoms with E-state index in [1.165, 1.54) is 5.19 Å². The van der Waals surface area contributed by atoms with Crippen molar-refractivity contribution in [2.75, 3.05) is 0 Å². The molecule has 2 N–H and O–H groups in total. The van der Waals surface area contributed by atoms with E-state index in [0.717, 1.165) is 24.7 Å². The van der Waals surface area contributed by atoms with Crippen molar-refractivity contribution in [1.29, 1.82) is 0 Å². The molecule has 22 heavy (non-hydrogen) atoms. The van der Waals surface area contributed by atoms with Crippen LogP contribution in [0.25, 0.3) is 0 Å². The van der Waals surface area contributed by atoms with Crippen LogP contribution >= 0.6 is 0 Å².